The highest BCUT2D eigenvalue weighted by Crippen LogP contribution is 2.25. The van der Waals surface area contributed by atoms with Gasteiger partial charge in [0, 0.05) is 19.1 Å². The van der Waals surface area contributed by atoms with Crippen LogP contribution in [0.5, 0.6) is 0 Å². The quantitative estimate of drug-likeness (QED) is 0.739. The van der Waals surface area contributed by atoms with Crippen LogP contribution in [0.2, 0.25) is 0 Å². The maximum Gasteiger partial charge on any atom is 0.410 e. The van der Waals surface area contributed by atoms with E-state index in [1.807, 2.05) is 25.7 Å². The predicted molar refractivity (Wildman–Crippen MR) is 74.2 cm³/mol. The topological polar surface area (TPSA) is 41.6 Å². The lowest BCUT2D eigenvalue weighted by Crippen LogP contribution is -2.54. The maximum atomic E-state index is 12.0. The molecule has 2 saturated heterocycles. The molecule has 2 fully saturated rings. The summed E-state index contributed by atoms with van der Waals surface area (Å²) in [6.07, 6.45) is 3.37. The van der Waals surface area contributed by atoms with Crippen molar-refractivity contribution in [3.63, 3.8) is 0 Å². The summed E-state index contributed by atoms with van der Waals surface area (Å²) in [5.41, 5.74) is -0.390. The summed E-state index contributed by atoms with van der Waals surface area (Å²) >= 11 is 0. The Hall–Kier alpha value is -0.480. The van der Waals surface area contributed by atoms with E-state index in [2.05, 4.69) is 5.32 Å². The summed E-state index contributed by atoms with van der Waals surface area (Å²) in [5.74, 6) is 0.616. The number of hydrogen-bond donors (Lipinski definition) is 1. The molecule has 0 spiro atoms. The smallest absolute Gasteiger partial charge is 0.410 e. The molecule has 5 heteroatoms. The van der Waals surface area contributed by atoms with E-state index in [-0.39, 0.29) is 18.5 Å². The Labute approximate surface area is 116 Å². The van der Waals surface area contributed by atoms with E-state index in [0.717, 1.165) is 26.1 Å². The summed E-state index contributed by atoms with van der Waals surface area (Å²) in [5, 5.41) is 3.55. The van der Waals surface area contributed by atoms with Gasteiger partial charge in [-0.2, -0.15) is 0 Å². The highest BCUT2D eigenvalue weighted by molar-refractivity contribution is 5.85. The van der Waals surface area contributed by atoms with E-state index in [4.69, 9.17) is 4.74 Å². The third kappa shape index (κ3) is 4.02. The van der Waals surface area contributed by atoms with Crippen molar-refractivity contribution in [1.82, 2.24) is 10.2 Å². The molecule has 0 aromatic heterocycles. The Morgan fingerprint density at radius 1 is 1.33 bits per heavy atom. The molecule has 2 heterocycles. The Balaban J connectivity index is 0.00000162. The van der Waals surface area contributed by atoms with Crippen LogP contribution in [-0.2, 0) is 4.74 Å². The minimum Gasteiger partial charge on any atom is -0.444 e. The number of ether oxygens (including phenoxy) is 1. The number of nitrogens with zero attached hydrogens (tertiary/aromatic N) is 1. The van der Waals surface area contributed by atoms with Crippen molar-refractivity contribution in [2.24, 2.45) is 5.92 Å². The zero-order valence-electron chi connectivity index (χ0n) is 11.6. The zero-order chi connectivity index (χ0) is 12.5. The fourth-order valence-electron chi connectivity index (χ4n) is 2.74. The summed E-state index contributed by atoms with van der Waals surface area (Å²) in [4.78, 5) is 13.8. The first-order valence-corrected chi connectivity index (χ1v) is 6.67. The van der Waals surface area contributed by atoms with Crippen LogP contribution in [0.25, 0.3) is 0 Å². The van der Waals surface area contributed by atoms with Gasteiger partial charge in [-0.3, -0.25) is 0 Å². The third-order valence-corrected chi connectivity index (χ3v) is 3.54. The number of halogens is 1. The van der Waals surface area contributed by atoms with Gasteiger partial charge in [0.15, 0.2) is 0 Å². The predicted octanol–water partition coefficient (Wildman–Crippen LogP) is 2.42. The molecule has 0 bridgehead atoms. The van der Waals surface area contributed by atoms with Crippen molar-refractivity contribution in [2.75, 3.05) is 19.6 Å². The molecule has 106 valence electrons. The van der Waals surface area contributed by atoms with E-state index >= 15 is 0 Å². The minimum absolute atomic E-state index is 0. The van der Waals surface area contributed by atoms with Gasteiger partial charge in [0.25, 0.3) is 0 Å². The zero-order valence-corrected chi connectivity index (χ0v) is 12.4. The number of rotatable bonds is 0. The number of likely N-dealkylation sites (tertiary alicyclic amines) is 1. The summed E-state index contributed by atoms with van der Waals surface area (Å²) in [6.45, 7) is 8.56. The number of nitrogens with one attached hydrogen (secondary N) is 1. The third-order valence-electron chi connectivity index (χ3n) is 3.54. The molecule has 2 atom stereocenters. The molecular formula is C13H25ClN2O2. The van der Waals surface area contributed by atoms with Gasteiger partial charge in [-0.05, 0) is 52.5 Å². The maximum absolute atomic E-state index is 12.0. The molecule has 0 unspecified atom stereocenters. The molecule has 0 aromatic rings. The van der Waals surface area contributed by atoms with Crippen molar-refractivity contribution < 1.29 is 9.53 Å². The van der Waals surface area contributed by atoms with Crippen molar-refractivity contribution in [3.8, 4) is 0 Å². The van der Waals surface area contributed by atoms with Crippen LogP contribution in [0.3, 0.4) is 0 Å². The van der Waals surface area contributed by atoms with Crippen LogP contribution < -0.4 is 5.32 Å². The molecule has 2 aliphatic rings. The van der Waals surface area contributed by atoms with E-state index in [0.29, 0.717) is 12.0 Å². The molecular weight excluding hydrogens is 252 g/mol. The Kier molecular flexibility index (Phi) is 5.29. The number of carbonyl (C=O) groups is 1. The lowest BCUT2D eigenvalue weighted by atomic mass is 9.85. The number of piperidine rings is 2. The van der Waals surface area contributed by atoms with E-state index in [1.165, 1.54) is 12.8 Å². The molecule has 1 amide bonds. The first-order valence-electron chi connectivity index (χ1n) is 6.67. The summed E-state index contributed by atoms with van der Waals surface area (Å²) in [6, 6.07) is 0.613. The summed E-state index contributed by atoms with van der Waals surface area (Å²) in [7, 11) is 0. The number of carbonyl (C=O) groups excluding carboxylic acids is 1. The molecule has 2 rings (SSSR count). The lowest BCUT2D eigenvalue weighted by Gasteiger charge is -2.41. The molecule has 4 nitrogen and oxygen atoms in total. The van der Waals surface area contributed by atoms with Crippen LogP contribution in [0.1, 0.15) is 40.0 Å². The molecule has 0 aromatic carbocycles. The van der Waals surface area contributed by atoms with Gasteiger partial charge >= 0.3 is 6.09 Å². The largest absolute Gasteiger partial charge is 0.444 e. The highest BCUT2D eigenvalue weighted by Gasteiger charge is 2.34. The minimum atomic E-state index is -0.390. The normalized spacial score (nSPS) is 28.1. The van der Waals surface area contributed by atoms with Crippen molar-refractivity contribution >= 4 is 18.5 Å². The monoisotopic (exact) mass is 276 g/mol. The first kappa shape index (κ1) is 15.6. The average Bonchev–Trinajstić information content (AvgIpc) is 2.26. The highest BCUT2D eigenvalue weighted by atomic mass is 35.5. The number of fused-ring (bicyclic) bond motifs is 1. The molecule has 18 heavy (non-hydrogen) atoms. The second-order valence-corrected chi connectivity index (χ2v) is 6.18. The average molecular weight is 277 g/mol. The molecule has 0 radical (unpaired) electrons. The molecule has 0 saturated carbocycles. The Morgan fingerprint density at radius 3 is 2.72 bits per heavy atom. The van der Waals surface area contributed by atoms with Crippen LogP contribution in [0, 0.1) is 5.92 Å². The van der Waals surface area contributed by atoms with Gasteiger partial charge in [-0.25, -0.2) is 4.79 Å². The van der Waals surface area contributed by atoms with Gasteiger partial charge in [-0.1, -0.05) is 0 Å². The van der Waals surface area contributed by atoms with E-state index in [9.17, 15) is 4.79 Å². The van der Waals surface area contributed by atoms with E-state index in [1.54, 1.807) is 0 Å². The second kappa shape index (κ2) is 6.11. The van der Waals surface area contributed by atoms with Gasteiger partial charge in [0.2, 0.25) is 0 Å². The number of hydrogen-bond acceptors (Lipinski definition) is 3. The second-order valence-electron chi connectivity index (χ2n) is 6.18. The van der Waals surface area contributed by atoms with Crippen molar-refractivity contribution in [3.05, 3.63) is 0 Å². The first-order chi connectivity index (χ1) is 7.96. The van der Waals surface area contributed by atoms with Gasteiger partial charge < -0.3 is 15.0 Å². The van der Waals surface area contributed by atoms with Crippen LogP contribution in [0.4, 0.5) is 4.79 Å². The molecule has 0 aliphatic carbocycles. The fourth-order valence-corrected chi connectivity index (χ4v) is 2.74. The molecule has 2 aliphatic heterocycles. The van der Waals surface area contributed by atoms with Gasteiger partial charge in [0.1, 0.15) is 5.60 Å². The Morgan fingerprint density at radius 2 is 2.06 bits per heavy atom. The van der Waals surface area contributed by atoms with Crippen molar-refractivity contribution in [2.45, 2.75) is 51.7 Å². The standard InChI is InChI=1S/C13H24N2O2.ClH/c1-13(2,3)17-12(16)15-8-6-11-10(9-15)5-4-7-14-11;/h10-11,14H,4-9H2,1-3H3;1H/t10-,11-;/m0./s1. The van der Waals surface area contributed by atoms with Gasteiger partial charge in [0.05, 0.1) is 0 Å². The van der Waals surface area contributed by atoms with Gasteiger partial charge in [-0.15, -0.1) is 12.4 Å². The van der Waals surface area contributed by atoms with Crippen LogP contribution in [0.15, 0.2) is 0 Å². The van der Waals surface area contributed by atoms with Crippen LogP contribution in [-0.4, -0.2) is 42.3 Å². The van der Waals surface area contributed by atoms with Crippen molar-refractivity contribution in [1.29, 1.82) is 0 Å². The fraction of sp³-hybridized carbons (Fsp3) is 0.923. The Bertz CT molecular complexity index is 291. The number of amides is 1. The van der Waals surface area contributed by atoms with Crippen LogP contribution >= 0.6 is 12.4 Å². The summed E-state index contributed by atoms with van der Waals surface area (Å²) < 4.78 is 5.42. The van der Waals surface area contributed by atoms with E-state index < -0.39 is 5.60 Å². The molecule has 1 N–H and O–H groups in total. The SMILES string of the molecule is CC(C)(C)OC(=O)N1CC[C@@H]2NCCC[C@H]2C1.Cl. The lowest BCUT2D eigenvalue weighted by molar-refractivity contribution is 0.0106.